The number of aromatic nitrogens is 3. The summed E-state index contributed by atoms with van der Waals surface area (Å²) in [6, 6.07) is 2.03. The van der Waals surface area contributed by atoms with Crippen molar-refractivity contribution in [3.63, 3.8) is 0 Å². The number of anilines is 1. The summed E-state index contributed by atoms with van der Waals surface area (Å²) >= 11 is 1.29. The lowest BCUT2D eigenvalue weighted by atomic mass is 10.1. The van der Waals surface area contributed by atoms with E-state index in [1.807, 2.05) is 4.57 Å². The van der Waals surface area contributed by atoms with E-state index in [0.29, 0.717) is 16.4 Å². The van der Waals surface area contributed by atoms with Crippen molar-refractivity contribution in [1.82, 2.24) is 19.4 Å². The van der Waals surface area contributed by atoms with E-state index >= 15 is 4.39 Å². The van der Waals surface area contributed by atoms with Crippen molar-refractivity contribution < 1.29 is 14.0 Å². The Morgan fingerprint density at radius 1 is 1.29 bits per heavy atom. The molecule has 5 rings (SSSR count). The summed E-state index contributed by atoms with van der Waals surface area (Å²) < 4.78 is 17.1. The van der Waals surface area contributed by atoms with Gasteiger partial charge >= 0.3 is 0 Å². The third kappa shape index (κ3) is 4.17. The number of nitrogens with zero attached hydrogens (tertiary/aromatic N) is 4. The predicted molar refractivity (Wildman–Crippen MR) is 131 cm³/mol. The number of rotatable bonds is 4. The molecule has 0 spiro atoms. The van der Waals surface area contributed by atoms with Crippen LogP contribution in [0.15, 0.2) is 30.0 Å². The first-order chi connectivity index (χ1) is 16.2. The second kappa shape index (κ2) is 8.49. The summed E-state index contributed by atoms with van der Waals surface area (Å²) in [5, 5.41) is 5.00. The Balaban J connectivity index is 1.53. The monoisotopic (exact) mass is 493 g/mol. The van der Waals surface area contributed by atoms with Crippen LogP contribution in [0.3, 0.4) is 0 Å². The maximum absolute atomic E-state index is 15.1. The van der Waals surface area contributed by atoms with E-state index in [4.69, 9.17) is 0 Å². The second-order valence-corrected chi connectivity index (χ2v) is 15.2. The predicted octanol–water partition coefficient (Wildman–Crippen LogP) is 3.99. The Kier molecular flexibility index (Phi) is 5.62. The number of fused-ring (bicyclic) bond motifs is 2. The maximum atomic E-state index is 15.1. The molecule has 2 amide bonds. The van der Waals surface area contributed by atoms with Gasteiger partial charge in [0.2, 0.25) is 0 Å². The Bertz CT molecular complexity index is 1350. The van der Waals surface area contributed by atoms with Crippen LogP contribution in [0.2, 0.25) is 19.6 Å². The number of thiazole rings is 1. The van der Waals surface area contributed by atoms with Gasteiger partial charge in [-0.05, 0) is 25.0 Å². The molecule has 0 aliphatic carbocycles. The second-order valence-electron chi connectivity index (χ2n) is 9.52. The molecule has 174 valence electrons. The molecular weight excluding hydrogens is 469 g/mol. The number of nitrogens with one attached hydrogen (secondary N) is 1. The number of amides is 2. The largest absolute Gasteiger partial charge is 0.334 e. The van der Waals surface area contributed by atoms with E-state index in [9.17, 15) is 9.59 Å². The summed E-state index contributed by atoms with van der Waals surface area (Å²) in [5.41, 5.74) is 5.69. The Morgan fingerprint density at radius 3 is 2.85 bits per heavy atom. The van der Waals surface area contributed by atoms with Gasteiger partial charge in [0.05, 0.1) is 18.6 Å². The Morgan fingerprint density at radius 2 is 2.12 bits per heavy atom. The van der Waals surface area contributed by atoms with Gasteiger partial charge in [-0.25, -0.2) is 14.4 Å². The maximum Gasteiger partial charge on any atom is 0.255 e. The summed E-state index contributed by atoms with van der Waals surface area (Å²) in [6.07, 6.45) is 5.03. The van der Waals surface area contributed by atoms with Gasteiger partial charge in [0.15, 0.2) is 11.2 Å². The van der Waals surface area contributed by atoms with Crippen LogP contribution in [0.25, 0.3) is 0 Å². The number of hydrogen-bond donors (Lipinski definition) is 1. The van der Waals surface area contributed by atoms with Crippen LogP contribution in [-0.4, -0.2) is 39.3 Å². The van der Waals surface area contributed by atoms with Crippen LogP contribution in [0, 0.1) is 17.3 Å². The van der Waals surface area contributed by atoms with Gasteiger partial charge in [-0.2, -0.15) is 0 Å². The van der Waals surface area contributed by atoms with Crippen molar-refractivity contribution in [2.24, 2.45) is 0 Å². The minimum Gasteiger partial charge on any atom is -0.334 e. The zero-order valence-corrected chi connectivity index (χ0v) is 21.0. The smallest absolute Gasteiger partial charge is 0.255 e. The topological polar surface area (TPSA) is 80.1 Å². The lowest BCUT2D eigenvalue weighted by molar-refractivity contribution is -0.121. The van der Waals surface area contributed by atoms with Gasteiger partial charge in [0, 0.05) is 40.5 Å². The molecule has 1 atom stereocenters. The molecule has 0 saturated carbocycles. The molecular formula is C24H24FN5O2SSi. The average Bonchev–Trinajstić information content (AvgIpc) is 3.54. The van der Waals surface area contributed by atoms with Crippen molar-refractivity contribution in [3.05, 3.63) is 63.9 Å². The normalized spacial score (nSPS) is 15.5. The van der Waals surface area contributed by atoms with Gasteiger partial charge in [-0.1, -0.05) is 25.6 Å². The Hall–Kier alpha value is -3.29. The molecule has 2 aromatic heterocycles. The van der Waals surface area contributed by atoms with Gasteiger partial charge in [-0.15, -0.1) is 16.9 Å². The molecule has 34 heavy (non-hydrogen) atoms. The SMILES string of the molecule is C[Si](C)(C)C#Cc1cc(F)c2c(c1)C(=O)N(C(C(=O)Nc1nccs1)c1ncn3c1CCC3)C2. The lowest BCUT2D eigenvalue weighted by Crippen LogP contribution is -2.38. The van der Waals surface area contributed by atoms with Crippen molar-refractivity contribution >= 4 is 36.4 Å². The number of carbonyl (C=O) groups is 2. The van der Waals surface area contributed by atoms with Crippen LogP contribution in [0.5, 0.6) is 0 Å². The molecule has 0 bridgehead atoms. The molecule has 1 aromatic carbocycles. The number of carbonyl (C=O) groups excluding carboxylic acids is 2. The summed E-state index contributed by atoms with van der Waals surface area (Å²) in [6.45, 7) is 7.12. The third-order valence-corrected chi connectivity index (χ3v) is 7.43. The van der Waals surface area contributed by atoms with Crippen LogP contribution >= 0.6 is 11.3 Å². The van der Waals surface area contributed by atoms with Crippen LogP contribution in [0.1, 0.15) is 45.3 Å². The minimum absolute atomic E-state index is 0.00994. The lowest BCUT2D eigenvalue weighted by Gasteiger charge is -2.26. The van der Waals surface area contributed by atoms with E-state index in [1.165, 1.54) is 22.3 Å². The van der Waals surface area contributed by atoms with Crippen molar-refractivity contribution in [2.45, 2.75) is 51.6 Å². The van der Waals surface area contributed by atoms with E-state index in [2.05, 4.69) is 46.4 Å². The highest BCUT2D eigenvalue weighted by atomic mass is 32.1. The van der Waals surface area contributed by atoms with E-state index < -0.39 is 31.7 Å². The zero-order valence-electron chi connectivity index (χ0n) is 19.2. The standard InChI is InChI=1S/C24H24FN5O2SSi/c1-34(2,3)10-6-15-11-16-17(18(25)12-15)13-30(23(16)32)21(22(31)28-24-26-7-9-33-24)20-19-5-4-8-29(19)14-27-20/h7,9,11-12,14,21H,4-5,8,13H2,1-3H3,(H,26,28,31). The first kappa shape index (κ1) is 22.5. The fourth-order valence-electron chi connectivity index (χ4n) is 4.33. The van der Waals surface area contributed by atoms with Crippen LogP contribution in [0.4, 0.5) is 9.52 Å². The summed E-state index contributed by atoms with van der Waals surface area (Å²) in [7, 11) is -1.67. The fraction of sp³-hybridized carbons (Fsp3) is 0.333. The zero-order chi connectivity index (χ0) is 24.0. The number of halogens is 1. The number of benzene rings is 1. The van der Waals surface area contributed by atoms with Crippen LogP contribution in [-0.2, 0) is 24.3 Å². The van der Waals surface area contributed by atoms with Crippen molar-refractivity contribution in [3.8, 4) is 11.5 Å². The number of hydrogen-bond acceptors (Lipinski definition) is 5. The molecule has 2 aliphatic heterocycles. The average molecular weight is 494 g/mol. The van der Waals surface area contributed by atoms with Crippen molar-refractivity contribution in [2.75, 3.05) is 5.32 Å². The highest BCUT2D eigenvalue weighted by Crippen LogP contribution is 2.36. The van der Waals surface area contributed by atoms with Gasteiger partial charge in [0.25, 0.3) is 11.8 Å². The third-order valence-electron chi connectivity index (χ3n) is 5.87. The quantitative estimate of drug-likeness (QED) is 0.440. The number of aryl methyl sites for hydroxylation is 1. The molecule has 10 heteroatoms. The Labute approximate surface area is 202 Å². The van der Waals surface area contributed by atoms with Crippen molar-refractivity contribution in [1.29, 1.82) is 0 Å². The summed E-state index contributed by atoms with van der Waals surface area (Å²) in [5.74, 6) is 1.74. The van der Waals surface area contributed by atoms with Gasteiger partial charge in [0.1, 0.15) is 13.9 Å². The van der Waals surface area contributed by atoms with Crippen LogP contribution < -0.4 is 5.32 Å². The molecule has 2 aliphatic rings. The molecule has 7 nitrogen and oxygen atoms in total. The molecule has 3 aromatic rings. The van der Waals surface area contributed by atoms with E-state index in [-0.39, 0.29) is 17.7 Å². The minimum atomic E-state index is -1.67. The highest BCUT2D eigenvalue weighted by Gasteiger charge is 2.42. The van der Waals surface area contributed by atoms with Gasteiger partial charge in [-0.3, -0.25) is 14.9 Å². The van der Waals surface area contributed by atoms with E-state index in [0.717, 1.165) is 25.1 Å². The van der Waals surface area contributed by atoms with Gasteiger partial charge < -0.3 is 9.47 Å². The molecule has 1 unspecified atom stereocenters. The van der Waals surface area contributed by atoms with E-state index in [1.54, 1.807) is 24.0 Å². The molecule has 0 fully saturated rings. The fourth-order valence-corrected chi connectivity index (χ4v) is 5.38. The first-order valence-electron chi connectivity index (χ1n) is 11.1. The summed E-state index contributed by atoms with van der Waals surface area (Å²) in [4.78, 5) is 37.0. The number of imidazole rings is 1. The molecule has 4 heterocycles. The molecule has 0 saturated heterocycles. The molecule has 1 N–H and O–H groups in total. The highest BCUT2D eigenvalue weighted by molar-refractivity contribution is 7.13. The molecule has 0 radical (unpaired) electrons. The first-order valence-corrected chi connectivity index (χ1v) is 15.5.